The van der Waals surface area contributed by atoms with Crippen LogP contribution in [0.3, 0.4) is 0 Å². The van der Waals surface area contributed by atoms with E-state index in [1.54, 1.807) is 18.9 Å². The molecule has 0 saturated heterocycles. The predicted octanol–water partition coefficient (Wildman–Crippen LogP) is 2.41. The Labute approximate surface area is 98.4 Å². The quantitative estimate of drug-likeness (QED) is 0.827. The Morgan fingerprint density at radius 2 is 2.31 bits per heavy atom. The Balaban J connectivity index is 2.11. The number of methoxy groups -OCH3 is 1. The summed E-state index contributed by atoms with van der Waals surface area (Å²) in [7, 11) is 1.69. The number of ether oxygens (including phenoxy) is 1. The summed E-state index contributed by atoms with van der Waals surface area (Å²) in [4.78, 5) is 4.06. The van der Waals surface area contributed by atoms with E-state index in [4.69, 9.17) is 4.74 Å². The maximum atomic E-state index is 5.31. The van der Waals surface area contributed by atoms with Crippen molar-refractivity contribution in [3.63, 3.8) is 0 Å². The lowest BCUT2D eigenvalue weighted by Crippen LogP contribution is -1.91. The van der Waals surface area contributed by atoms with Crippen LogP contribution in [-0.4, -0.2) is 22.3 Å². The number of rotatable bonds is 4. The van der Waals surface area contributed by atoms with Crippen molar-refractivity contribution in [3.8, 4) is 5.75 Å². The molecule has 84 valence electrons. The number of benzene rings is 1. The molecule has 2 aromatic rings. The van der Waals surface area contributed by atoms with Gasteiger partial charge in [0.2, 0.25) is 0 Å². The number of aromatic nitrogens is 3. The molecule has 0 saturated carbocycles. The molecule has 16 heavy (non-hydrogen) atoms. The maximum absolute atomic E-state index is 5.31. The van der Waals surface area contributed by atoms with Gasteiger partial charge in [0.05, 0.1) is 7.11 Å². The molecule has 1 aromatic carbocycles. The predicted molar refractivity (Wildman–Crippen MR) is 63.7 cm³/mol. The third-order valence-corrected chi connectivity index (χ3v) is 3.12. The number of aromatic amines is 1. The molecule has 1 N–H and O–H groups in total. The van der Waals surface area contributed by atoms with Gasteiger partial charge in [0.25, 0.3) is 0 Å². The zero-order valence-corrected chi connectivity index (χ0v) is 10.0. The number of H-pyrrole nitrogens is 1. The lowest BCUT2D eigenvalue weighted by Gasteiger charge is -2.08. The second kappa shape index (κ2) is 5.03. The molecule has 0 aliphatic rings. The van der Waals surface area contributed by atoms with E-state index in [1.807, 2.05) is 12.1 Å². The first-order chi connectivity index (χ1) is 7.79. The highest BCUT2D eigenvalue weighted by molar-refractivity contribution is 7.98. The summed E-state index contributed by atoms with van der Waals surface area (Å²) in [5, 5.41) is 7.45. The van der Waals surface area contributed by atoms with Gasteiger partial charge in [-0.3, -0.25) is 5.10 Å². The summed E-state index contributed by atoms with van der Waals surface area (Å²) in [5.74, 6) is 1.73. The molecule has 1 aromatic heterocycles. The minimum atomic E-state index is 0.819. The first-order valence-corrected chi connectivity index (χ1v) is 5.90. The number of nitrogens with one attached hydrogen (secondary N) is 1. The van der Waals surface area contributed by atoms with Crippen LogP contribution < -0.4 is 4.74 Å². The molecule has 0 amide bonds. The van der Waals surface area contributed by atoms with E-state index < -0.39 is 0 Å². The standard InChI is InChI=1S/C11H13N3OS/c1-8-3-4-10(15-2)9(5-8)6-16-11-12-7-13-14-11/h3-5,7H,6H2,1-2H3,(H,12,13,14). The Bertz CT molecular complexity index is 456. The van der Waals surface area contributed by atoms with Crippen LogP contribution in [0.15, 0.2) is 29.7 Å². The van der Waals surface area contributed by atoms with Gasteiger partial charge in [0.1, 0.15) is 12.1 Å². The van der Waals surface area contributed by atoms with Crippen molar-refractivity contribution < 1.29 is 4.74 Å². The van der Waals surface area contributed by atoms with Crippen LogP contribution in [0.5, 0.6) is 5.75 Å². The summed E-state index contributed by atoms with van der Waals surface area (Å²) < 4.78 is 5.31. The van der Waals surface area contributed by atoms with Gasteiger partial charge in [-0.15, -0.1) is 0 Å². The second-order valence-corrected chi connectivity index (χ2v) is 4.36. The normalized spacial score (nSPS) is 10.4. The molecular weight excluding hydrogens is 222 g/mol. The molecule has 2 rings (SSSR count). The lowest BCUT2D eigenvalue weighted by molar-refractivity contribution is 0.411. The summed E-state index contributed by atoms with van der Waals surface area (Å²) in [6.07, 6.45) is 1.51. The topological polar surface area (TPSA) is 50.8 Å². The van der Waals surface area contributed by atoms with Gasteiger partial charge in [0.15, 0.2) is 5.16 Å². The number of thioether (sulfide) groups is 1. The molecule has 0 fully saturated rings. The number of hydrogen-bond acceptors (Lipinski definition) is 4. The van der Waals surface area contributed by atoms with Crippen molar-refractivity contribution in [2.45, 2.75) is 17.8 Å². The summed E-state index contributed by atoms with van der Waals surface area (Å²) in [6, 6.07) is 6.16. The van der Waals surface area contributed by atoms with Gasteiger partial charge in [0, 0.05) is 11.3 Å². The van der Waals surface area contributed by atoms with E-state index in [0.717, 1.165) is 16.7 Å². The highest BCUT2D eigenvalue weighted by atomic mass is 32.2. The van der Waals surface area contributed by atoms with Crippen molar-refractivity contribution in [2.24, 2.45) is 0 Å². The highest BCUT2D eigenvalue weighted by Crippen LogP contribution is 2.26. The first kappa shape index (κ1) is 11.0. The van der Waals surface area contributed by atoms with Crippen molar-refractivity contribution in [1.29, 1.82) is 0 Å². The van der Waals surface area contributed by atoms with Crippen molar-refractivity contribution in [3.05, 3.63) is 35.7 Å². The number of aryl methyl sites for hydroxylation is 1. The molecule has 0 aliphatic carbocycles. The van der Waals surface area contributed by atoms with Crippen molar-refractivity contribution >= 4 is 11.8 Å². The number of hydrogen-bond donors (Lipinski definition) is 1. The third kappa shape index (κ3) is 2.55. The van der Waals surface area contributed by atoms with Crippen molar-refractivity contribution in [1.82, 2.24) is 15.2 Å². The smallest absolute Gasteiger partial charge is 0.183 e. The maximum Gasteiger partial charge on any atom is 0.183 e. The van der Waals surface area contributed by atoms with Gasteiger partial charge in [-0.05, 0) is 13.0 Å². The largest absolute Gasteiger partial charge is 0.496 e. The molecule has 0 atom stereocenters. The second-order valence-electron chi connectivity index (χ2n) is 3.39. The van der Waals surface area contributed by atoms with Crippen LogP contribution in [0.4, 0.5) is 0 Å². The van der Waals surface area contributed by atoms with Crippen LogP contribution in [0, 0.1) is 6.92 Å². The Hall–Kier alpha value is -1.49. The Morgan fingerprint density at radius 1 is 1.44 bits per heavy atom. The molecule has 1 heterocycles. The van der Waals surface area contributed by atoms with E-state index in [2.05, 4.69) is 28.2 Å². The van der Waals surface area contributed by atoms with E-state index >= 15 is 0 Å². The molecule has 0 bridgehead atoms. The Kier molecular flexibility index (Phi) is 3.46. The molecule has 0 aliphatic heterocycles. The molecule has 4 nitrogen and oxygen atoms in total. The van der Waals surface area contributed by atoms with Crippen LogP contribution >= 0.6 is 11.8 Å². The fraction of sp³-hybridized carbons (Fsp3) is 0.273. The highest BCUT2D eigenvalue weighted by Gasteiger charge is 2.05. The van der Waals surface area contributed by atoms with Gasteiger partial charge in [-0.1, -0.05) is 29.5 Å². The number of nitrogens with zero attached hydrogens (tertiary/aromatic N) is 2. The fourth-order valence-electron chi connectivity index (χ4n) is 1.43. The van der Waals surface area contributed by atoms with Crippen LogP contribution in [0.1, 0.15) is 11.1 Å². The molecule has 0 unspecified atom stereocenters. The summed E-state index contributed by atoms with van der Waals surface area (Å²) >= 11 is 1.61. The molecule has 0 spiro atoms. The van der Waals surface area contributed by atoms with E-state index in [1.165, 1.54) is 17.5 Å². The van der Waals surface area contributed by atoms with E-state index in [9.17, 15) is 0 Å². The SMILES string of the molecule is COc1ccc(C)cc1CSc1ncn[nH]1. The average molecular weight is 235 g/mol. The van der Waals surface area contributed by atoms with Gasteiger partial charge < -0.3 is 4.74 Å². The Morgan fingerprint density at radius 3 is 3.00 bits per heavy atom. The summed E-state index contributed by atoms with van der Waals surface area (Å²) in [6.45, 7) is 2.07. The molecular formula is C11H13N3OS. The third-order valence-electron chi connectivity index (χ3n) is 2.19. The van der Waals surface area contributed by atoms with Crippen LogP contribution in [0.2, 0.25) is 0 Å². The minimum Gasteiger partial charge on any atom is -0.496 e. The molecule has 5 heteroatoms. The van der Waals surface area contributed by atoms with Crippen LogP contribution in [-0.2, 0) is 5.75 Å². The van der Waals surface area contributed by atoms with Gasteiger partial charge in [-0.2, -0.15) is 5.10 Å². The molecule has 0 radical (unpaired) electrons. The van der Waals surface area contributed by atoms with Crippen molar-refractivity contribution in [2.75, 3.05) is 7.11 Å². The minimum absolute atomic E-state index is 0.819. The summed E-state index contributed by atoms with van der Waals surface area (Å²) in [5.41, 5.74) is 2.40. The van der Waals surface area contributed by atoms with Gasteiger partial charge >= 0.3 is 0 Å². The zero-order valence-electron chi connectivity index (χ0n) is 9.23. The van der Waals surface area contributed by atoms with E-state index in [-0.39, 0.29) is 0 Å². The first-order valence-electron chi connectivity index (χ1n) is 4.91. The van der Waals surface area contributed by atoms with Gasteiger partial charge in [-0.25, -0.2) is 4.98 Å². The van der Waals surface area contributed by atoms with Crippen LogP contribution in [0.25, 0.3) is 0 Å². The zero-order chi connectivity index (χ0) is 11.4. The average Bonchev–Trinajstić information content (AvgIpc) is 2.79. The fourth-order valence-corrected chi connectivity index (χ4v) is 2.19. The van der Waals surface area contributed by atoms with E-state index in [0.29, 0.717) is 0 Å². The lowest BCUT2D eigenvalue weighted by atomic mass is 10.1. The monoisotopic (exact) mass is 235 g/mol.